The lowest BCUT2D eigenvalue weighted by atomic mass is 9.86. The molecule has 2 unspecified atom stereocenters. The van der Waals surface area contributed by atoms with E-state index in [4.69, 9.17) is 9.84 Å². The second-order valence-electron chi connectivity index (χ2n) is 9.66. The van der Waals surface area contributed by atoms with Crippen molar-refractivity contribution in [2.24, 2.45) is 5.10 Å². The largest absolute Gasteiger partial charge is 0.463 e. The highest BCUT2D eigenvalue weighted by molar-refractivity contribution is 9.11. The number of nitrogens with zero attached hydrogens (tertiary/aromatic N) is 2. The summed E-state index contributed by atoms with van der Waals surface area (Å²) in [6.45, 7) is 8.82. The molecule has 3 aromatic carbocycles. The maximum absolute atomic E-state index is 6.60. The average molecular weight is 554 g/mol. The molecule has 3 nitrogen and oxygen atoms in total. The average Bonchev–Trinajstić information content (AvgIpc) is 3.19. The molecule has 164 valence electrons. The van der Waals surface area contributed by atoms with Gasteiger partial charge in [-0.3, -0.25) is 0 Å². The highest BCUT2D eigenvalue weighted by atomic mass is 79.9. The number of ether oxygens (including phenoxy) is 1. The summed E-state index contributed by atoms with van der Waals surface area (Å²) in [6.07, 6.45) is 0.570. The Morgan fingerprint density at radius 1 is 0.969 bits per heavy atom. The van der Waals surface area contributed by atoms with Gasteiger partial charge in [-0.25, -0.2) is 5.01 Å². The summed E-state index contributed by atoms with van der Waals surface area (Å²) in [6, 6.07) is 21.7. The molecule has 2 heterocycles. The summed E-state index contributed by atoms with van der Waals surface area (Å²) in [5.74, 6) is 0.903. The molecule has 0 aromatic heterocycles. The van der Waals surface area contributed by atoms with Crippen LogP contribution >= 0.6 is 31.9 Å². The molecule has 0 saturated heterocycles. The number of halogens is 2. The molecule has 0 bridgehead atoms. The van der Waals surface area contributed by atoms with Gasteiger partial charge in [0.15, 0.2) is 0 Å². The molecule has 2 atom stereocenters. The minimum absolute atomic E-state index is 0.112. The lowest BCUT2D eigenvalue weighted by Gasteiger charge is -2.39. The van der Waals surface area contributed by atoms with Gasteiger partial charge in [0.2, 0.25) is 6.23 Å². The molecular weight excluding hydrogens is 528 g/mol. The Hall–Kier alpha value is -2.11. The van der Waals surface area contributed by atoms with Gasteiger partial charge in [-0.15, -0.1) is 0 Å². The topological polar surface area (TPSA) is 24.8 Å². The highest BCUT2D eigenvalue weighted by Gasteiger charge is 2.42. The number of benzene rings is 3. The molecule has 5 heteroatoms. The quantitative estimate of drug-likeness (QED) is 0.320. The summed E-state index contributed by atoms with van der Waals surface area (Å²) in [7, 11) is 0. The number of hydrogen-bond acceptors (Lipinski definition) is 3. The van der Waals surface area contributed by atoms with Crippen LogP contribution in [0.15, 0.2) is 74.7 Å². The summed E-state index contributed by atoms with van der Waals surface area (Å²) >= 11 is 7.38. The summed E-state index contributed by atoms with van der Waals surface area (Å²) < 4.78 is 8.59. The molecule has 2 aliphatic heterocycles. The third-order valence-electron chi connectivity index (χ3n) is 6.25. The monoisotopic (exact) mass is 552 g/mol. The molecule has 0 aliphatic carbocycles. The normalized spacial score (nSPS) is 19.8. The molecule has 2 aliphatic rings. The Labute approximate surface area is 206 Å². The van der Waals surface area contributed by atoms with Crippen LogP contribution in [0, 0.1) is 6.92 Å². The maximum atomic E-state index is 6.60. The van der Waals surface area contributed by atoms with Crippen LogP contribution < -0.4 is 4.74 Å². The molecule has 5 rings (SSSR count). The van der Waals surface area contributed by atoms with Crippen molar-refractivity contribution in [2.75, 3.05) is 0 Å². The predicted octanol–water partition coefficient (Wildman–Crippen LogP) is 8.06. The number of hydrogen-bond donors (Lipinski definition) is 0. The number of aryl methyl sites for hydroxylation is 1. The number of fused-ring (bicyclic) bond motifs is 3. The van der Waals surface area contributed by atoms with Gasteiger partial charge in [-0.05, 0) is 51.5 Å². The van der Waals surface area contributed by atoms with Gasteiger partial charge in [-0.2, -0.15) is 5.10 Å². The van der Waals surface area contributed by atoms with E-state index in [1.165, 1.54) is 16.7 Å². The van der Waals surface area contributed by atoms with Gasteiger partial charge < -0.3 is 4.74 Å². The van der Waals surface area contributed by atoms with Crippen molar-refractivity contribution in [3.8, 4) is 5.75 Å². The van der Waals surface area contributed by atoms with Crippen molar-refractivity contribution >= 4 is 37.6 Å². The molecule has 0 fully saturated rings. The van der Waals surface area contributed by atoms with Crippen LogP contribution in [0.1, 0.15) is 67.3 Å². The molecule has 0 saturated carbocycles. The highest BCUT2D eigenvalue weighted by Crippen LogP contribution is 2.51. The van der Waals surface area contributed by atoms with E-state index in [0.717, 1.165) is 38.0 Å². The predicted molar refractivity (Wildman–Crippen MR) is 137 cm³/mol. The second-order valence-corrected chi connectivity index (χ2v) is 11.4. The van der Waals surface area contributed by atoms with Gasteiger partial charge in [0.1, 0.15) is 5.75 Å². The maximum Gasteiger partial charge on any atom is 0.213 e. The molecule has 0 amide bonds. The first-order valence-corrected chi connectivity index (χ1v) is 12.5. The zero-order chi connectivity index (χ0) is 22.6. The molecule has 0 radical (unpaired) electrons. The first-order valence-electron chi connectivity index (χ1n) is 10.9. The van der Waals surface area contributed by atoms with Gasteiger partial charge in [-0.1, -0.05) is 90.8 Å². The Morgan fingerprint density at radius 2 is 1.66 bits per heavy atom. The summed E-state index contributed by atoms with van der Waals surface area (Å²) in [5, 5.41) is 7.23. The fraction of sp³-hybridized carbons (Fsp3) is 0.296. The number of hydrazone groups is 1. The standard InChI is InChI=1S/C27H26Br2N2O/c1-16-5-7-17(8-6-16)23-15-24-21-13-20(28)14-22(29)25(21)32-26(31(24)30-23)18-9-11-19(12-10-18)27(2,3)4/h5-14,24,26H,15H2,1-4H3. The van der Waals surface area contributed by atoms with Gasteiger partial charge >= 0.3 is 0 Å². The van der Waals surface area contributed by atoms with E-state index in [-0.39, 0.29) is 17.7 Å². The third kappa shape index (κ3) is 3.90. The Morgan fingerprint density at radius 3 is 2.31 bits per heavy atom. The minimum Gasteiger partial charge on any atom is -0.463 e. The Kier molecular flexibility index (Phi) is 5.45. The van der Waals surface area contributed by atoms with Crippen LogP contribution in [0.2, 0.25) is 0 Å². The first-order chi connectivity index (χ1) is 15.2. The lowest BCUT2D eigenvalue weighted by molar-refractivity contribution is -0.0197. The van der Waals surface area contributed by atoms with E-state index in [9.17, 15) is 0 Å². The van der Waals surface area contributed by atoms with Crippen molar-refractivity contribution in [1.29, 1.82) is 0 Å². The smallest absolute Gasteiger partial charge is 0.213 e. The third-order valence-corrected chi connectivity index (χ3v) is 7.30. The van der Waals surface area contributed by atoms with E-state index in [2.05, 4.69) is 119 Å². The SMILES string of the molecule is Cc1ccc(C2=NN3C(C2)c2cc(Br)cc(Br)c2OC3c2ccc(C(C)(C)C)cc2)cc1. The van der Waals surface area contributed by atoms with E-state index < -0.39 is 0 Å². The lowest BCUT2D eigenvalue weighted by Crippen LogP contribution is -2.34. The van der Waals surface area contributed by atoms with Gasteiger partial charge in [0, 0.05) is 22.0 Å². The molecule has 0 spiro atoms. The zero-order valence-corrected chi connectivity index (χ0v) is 21.9. The molecule has 3 aromatic rings. The van der Waals surface area contributed by atoms with Crippen LogP contribution in [0.25, 0.3) is 0 Å². The molecule has 32 heavy (non-hydrogen) atoms. The summed E-state index contributed by atoms with van der Waals surface area (Å²) in [4.78, 5) is 0. The first kappa shape index (κ1) is 21.7. The van der Waals surface area contributed by atoms with Crippen molar-refractivity contribution in [3.63, 3.8) is 0 Å². The Bertz CT molecular complexity index is 1190. The van der Waals surface area contributed by atoms with Crippen LogP contribution in [0.3, 0.4) is 0 Å². The van der Waals surface area contributed by atoms with E-state index in [1.807, 2.05) is 6.07 Å². The van der Waals surface area contributed by atoms with Crippen LogP contribution in [0.4, 0.5) is 0 Å². The summed E-state index contributed by atoms with van der Waals surface area (Å²) in [5.41, 5.74) is 7.20. The minimum atomic E-state index is -0.276. The van der Waals surface area contributed by atoms with Crippen molar-refractivity contribution < 1.29 is 4.74 Å². The Balaban J connectivity index is 1.59. The van der Waals surface area contributed by atoms with Crippen LogP contribution in [-0.4, -0.2) is 10.7 Å². The fourth-order valence-corrected chi connectivity index (χ4v) is 5.75. The van der Waals surface area contributed by atoms with Crippen molar-refractivity contribution in [3.05, 3.63) is 97.4 Å². The van der Waals surface area contributed by atoms with Gasteiger partial charge in [0.05, 0.1) is 16.2 Å². The van der Waals surface area contributed by atoms with Gasteiger partial charge in [0.25, 0.3) is 0 Å². The molecule has 0 N–H and O–H groups in total. The second kappa shape index (κ2) is 8.03. The van der Waals surface area contributed by atoms with E-state index in [1.54, 1.807) is 0 Å². The zero-order valence-electron chi connectivity index (χ0n) is 18.7. The van der Waals surface area contributed by atoms with E-state index >= 15 is 0 Å². The molecular formula is C27H26Br2N2O. The van der Waals surface area contributed by atoms with E-state index in [0.29, 0.717) is 0 Å². The van der Waals surface area contributed by atoms with Crippen LogP contribution in [-0.2, 0) is 5.41 Å². The fourth-order valence-electron chi connectivity index (χ4n) is 4.40. The number of rotatable bonds is 2. The van der Waals surface area contributed by atoms with Crippen molar-refractivity contribution in [1.82, 2.24) is 5.01 Å². The van der Waals surface area contributed by atoms with Crippen LogP contribution in [0.5, 0.6) is 5.75 Å². The van der Waals surface area contributed by atoms with Crippen molar-refractivity contribution in [2.45, 2.75) is 51.8 Å².